The molecule has 1 aromatic carbocycles. The van der Waals surface area contributed by atoms with Gasteiger partial charge in [-0.1, -0.05) is 36.4 Å². The number of rotatable bonds is 5. The van der Waals surface area contributed by atoms with Crippen molar-refractivity contribution in [2.75, 3.05) is 0 Å². The third-order valence-corrected chi connectivity index (χ3v) is 3.38. The van der Waals surface area contributed by atoms with Crippen LogP contribution in [0.25, 0.3) is 11.1 Å². The van der Waals surface area contributed by atoms with Crippen LogP contribution in [0.4, 0.5) is 8.78 Å². The summed E-state index contributed by atoms with van der Waals surface area (Å²) in [7, 11) is 0. The predicted molar refractivity (Wildman–Crippen MR) is 77.4 cm³/mol. The van der Waals surface area contributed by atoms with Crippen LogP contribution in [-0.2, 0) is 12.5 Å². The van der Waals surface area contributed by atoms with Crippen molar-refractivity contribution in [3.05, 3.63) is 60.7 Å². The fourth-order valence-corrected chi connectivity index (χ4v) is 2.12. The van der Waals surface area contributed by atoms with Crippen LogP contribution in [-0.4, -0.2) is 36.4 Å². The number of aromatic nitrogens is 5. The standard InChI is InChI=1S/C15H13F2N5O/c16-15(17,14(23)9-22-10-19-20-21-22)13-7-6-12(8-18-13)11-4-2-1-3-5-11/h1-8,10,14,23H,9H2. The van der Waals surface area contributed by atoms with Gasteiger partial charge in [-0.05, 0) is 22.1 Å². The molecule has 118 valence electrons. The van der Waals surface area contributed by atoms with Gasteiger partial charge in [-0.25, -0.2) is 4.68 Å². The molecule has 2 heterocycles. The van der Waals surface area contributed by atoms with Gasteiger partial charge in [0.25, 0.3) is 0 Å². The summed E-state index contributed by atoms with van der Waals surface area (Å²) >= 11 is 0. The van der Waals surface area contributed by atoms with E-state index in [4.69, 9.17) is 0 Å². The third kappa shape index (κ3) is 3.21. The zero-order chi connectivity index (χ0) is 16.3. The molecule has 1 unspecified atom stereocenters. The molecule has 1 atom stereocenters. The number of hydrogen-bond donors (Lipinski definition) is 1. The van der Waals surface area contributed by atoms with Crippen LogP contribution in [0.15, 0.2) is 55.0 Å². The average Bonchev–Trinajstić information content (AvgIpc) is 3.09. The monoisotopic (exact) mass is 317 g/mol. The zero-order valence-electron chi connectivity index (χ0n) is 11.9. The molecular formula is C15H13F2N5O. The summed E-state index contributed by atoms with van der Waals surface area (Å²) in [5.41, 5.74) is 1.10. The van der Waals surface area contributed by atoms with Crippen molar-refractivity contribution in [1.29, 1.82) is 0 Å². The van der Waals surface area contributed by atoms with E-state index >= 15 is 0 Å². The molecule has 0 fully saturated rings. The highest BCUT2D eigenvalue weighted by atomic mass is 19.3. The number of alkyl halides is 2. The lowest BCUT2D eigenvalue weighted by Gasteiger charge is -2.21. The Labute approximate surface area is 130 Å². The summed E-state index contributed by atoms with van der Waals surface area (Å²) in [5.74, 6) is -3.51. The summed E-state index contributed by atoms with van der Waals surface area (Å²) in [4.78, 5) is 3.81. The quantitative estimate of drug-likeness (QED) is 0.777. The van der Waals surface area contributed by atoms with E-state index in [9.17, 15) is 13.9 Å². The van der Waals surface area contributed by atoms with Crippen LogP contribution in [0.2, 0.25) is 0 Å². The molecule has 8 heteroatoms. The minimum absolute atomic E-state index is 0.428. The summed E-state index contributed by atoms with van der Waals surface area (Å²) in [6.07, 6.45) is 0.536. The van der Waals surface area contributed by atoms with Crippen LogP contribution in [0.5, 0.6) is 0 Å². The number of nitrogens with zero attached hydrogens (tertiary/aromatic N) is 5. The minimum atomic E-state index is -3.51. The van der Waals surface area contributed by atoms with E-state index in [1.807, 2.05) is 30.3 Å². The predicted octanol–water partition coefficient (Wildman–Crippen LogP) is 1.89. The van der Waals surface area contributed by atoms with E-state index in [2.05, 4.69) is 20.5 Å². The fraction of sp³-hybridized carbons (Fsp3) is 0.200. The Bertz CT molecular complexity index is 747. The Morgan fingerprint density at radius 2 is 1.87 bits per heavy atom. The van der Waals surface area contributed by atoms with Crippen LogP contribution in [0.1, 0.15) is 5.69 Å². The topological polar surface area (TPSA) is 76.7 Å². The highest BCUT2D eigenvalue weighted by Gasteiger charge is 2.42. The van der Waals surface area contributed by atoms with Gasteiger partial charge < -0.3 is 5.11 Å². The third-order valence-electron chi connectivity index (χ3n) is 3.38. The molecular weight excluding hydrogens is 304 g/mol. The SMILES string of the molecule is OC(Cn1cnnn1)C(F)(F)c1ccc(-c2ccccc2)cn1. The largest absolute Gasteiger partial charge is 0.384 e. The first-order valence-electron chi connectivity index (χ1n) is 6.86. The number of tetrazole rings is 1. The van der Waals surface area contributed by atoms with Gasteiger partial charge in [0.1, 0.15) is 18.1 Å². The van der Waals surface area contributed by atoms with Crippen molar-refractivity contribution in [2.24, 2.45) is 0 Å². The molecule has 0 radical (unpaired) electrons. The molecule has 3 aromatic rings. The van der Waals surface area contributed by atoms with Crippen LogP contribution >= 0.6 is 0 Å². The van der Waals surface area contributed by atoms with Gasteiger partial charge in [0.15, 0.2) is 0 Å². The fourth-order valence-electron chi connectivity index (χ4n) is 2.12. The molecule has 0 aliphatic carbocycles. The van der Waals surface area contributed by atoms with E-state index < -0.39 is 24.3 Å². The van der Waals surface area contributed by atoms with E-state index in [0.29, 0.717) is 0 Å². The van der Waals surface area contributed by atoms with Crippen molar-refractivity contribution in [1.82, 2.24) is 25.2 Å². The maximum Gasteiger partial charge on any atom is 0.316 e. The summed E-state index contributed by atoms with van der Waals surface area (Å²) in [5, 5.41) is 19.9. The molecule has 2 aromatic heterocycles. The molecule has 1 N–H and O–H groups in total. The van der Waals surface area contributed by atoms with E-state index in [-0.39, 0.29) is 0 Å². The van der Waals surface area contributed by atoms with Crippen LogP contribution in [0, 0.1) is 0 Å². The highest BCUT2D eigenvalue weighted by molar-refractivity contribution is 5.62. The van der Waals surface area contributed by atoms with Crippen molar-refractivity contribution in [3.63, 3.8) is 0 Å². The first-order chi connectivity index (χ1) is 11.1. The Balaban J connectivity index is 1.80. The van der Waals surface area contributed by atoms with E-state index in [1.54, 1.807) is 6.07 Å². The maximum atomic E-state index is 14.3. The zero-order valence-corrected chi connectivity index (χ0v) is 11.9. The summed E-state index contributed by atoms with van der Waals surface area (Å²) in [6.45, 7) is -0.428. The Hall–Kier alpha value is -2.74. The minimum Gasteiger partial charge on any atom is -0.384 e. The number of pyridine rings is 1. The number of halogens is 2. The second-order valence-electron chi connectivity index (χ2n) is 4.97. The number of benzene rings is 1. The van der Waals surface area contributed by atoms with Gasteiger partial charge in [-0.15, -0.1) is 5.10 Å². The van der Waals surface area contributed by atoms with Gasteiger partial charge in [-0.3, -0.25) is 4.98 Å². The molecule has 6 nitrogen and oxygen atoms in total. The first kappa shape index (κ1) is 15.2. The Morgan fingerprint density at radius 3 is 2.48 bits per heavy atom. The van der Waals surface area contributed by atoms with Gasteiger partial charge in [-0.2, -0.15) is 8.78 Å². The normalized spacial score (nSPS) is 13.0. The summed E-state index contributed by atoms with van der Waals surface area (Å²) in [6, 6.07) is 12.1. The average molecular weight is 317 g/mol. The van der Waals surface area contributed by atoms with Gasteiger partial charge >= 0.3 is 5.92 Å². The molecule has 0 aliphatic rings. The van der Waals surface area contributed by atoms with Crippen LogP contribution < -0.4 is 0 Å². The van der Waals surface area contributed by atoms with Gasteiger partial charge in [0.05, 0.1) is 6.54 Å². The maximum absolute atomic E-state index is 14.3. The molecule has 0 aliphatic heterocycles. The Morgan fingerprint density at radius 1 is 1.09 bits per heavy atom. The molecule has 23 heavy (non-hydrogen) atoms. The van der Waals surface area contributed by atoms with E-state index in [0.717, 1.165) is 22.1 Å². The van der Waals surface area contributed by atoms with Crippen LogP contribution in [0.3, 0.4) is 0 Å². The van der Waals surface area contributed by atoms with Crippen molar-refractivity contribution < 1.29 is 13.9 Å². The molecule has 0 amide bonds. The lowest BCUT2D eigenvalue weighted by molar-refractivity contribution is -0.124. The van der Waals surface area contributed by atoms with Crippen molar-refractivity contribution >= 4 is 0 Å². The number of hydrogen-bond acceptors (Lipinski definition) is 5. The van der Waals surface area contributed by atoms with Gasteiger partial charge in [0, 0.05) is 11.8 Å². The van der Waals surface area contributed by atoms with E-state index in [1.165, 1.54) is 12.3 Å². The molecule has 0 spiro atoms. The molecule has 3 rings (SSSR count). The number of aliphatic hydroxyl groups is 1. The Kier molecular flexibility index (Phi) is 4.07. The van der Waals surface area contributed by atoms with Crippen molar-refractivity contribution in [2.45, 2.75) is 18.6 Å². The lowest BCUT2D eigenvalue weighted by atomic mass is 10.0. The molecule has 0 bridgehead atoms. The van der Waals surface area contributed by atoms with Gasteiger partial charge in [0.2, 0.25) is 0 Å². The van der Waals surface area contributed by atoms with Crippen molar-refractivity contribution in [3.8, 4) is 11.1 Å². The summed E-state index contributed by atoms with van der Waals surface area (Å²) < 4.78 is 29.6. The second kappa shape index (κ2) is 6.17. The molecule has 0 saturated heterocycles. The number of aliphatic hydroxyl groups excluding tert-OH is 1. The first-order valence-corrected chi connectivity index (χ1v) is 6.86. The smallest absolute Gasteiger partial charge is 0.316 e. The highest BCUT2D eigenvalue weighted by Crippen LogP contribution is 2.32. The second-order valence-corrected chi connectivity index (χ2v) is 4.97. The molecule has 0 saturated carbocycles. The lowest BCUT2D eigenvalue weighted by Crippen LogP contribution is -2.35.